The predicted octanol–water partition coefficient (Wildman–Crippen LogP) is 6.83. The maximum atomic E-state index is 13.7. The van der Waals surface area contributed by atoms with Crippen LogP contribution in [0.15, 0.2) is 40.9 Å². The zero-order chi connectivity index (χ0) is 26.6. The quantitative estimate of drug-likeness (QED) is 0.340. The second kappa shape index (κ2) is 11.7. The minimum absolute atomic E-state index is 0.00508. The van der Waals surface area contributed by atoms with E-state index in [4.69, 9.17) is 23.2 Å². The Labute approximate surface area is 214 Å². The van der Waals surface area contributed by atoms with Crippen LogP contribution < -0.4 is 10.6 Å². The predicted molar refractivity (Wildman–Crippen MR) is 125 cm³/mol. The lowest BCUT2D eigenvalue weighted by molar-refractivity contribution is -0.139. The second-order valence-electron chi connectivity index (χ2n) is 7.33. The molecule has 2 aromatic carbocycles. The third-order valence-electron chi connectivity index (χ3n) is 4.56. The Balaban J connectivity index is 2.15. The van der Waals surface area contributed by atoms with E-state index in [2.05, 4.69) is 21.2 Å². The van der Waals surface area contributed by atoms with Crippen LogP contribution in [0.1, 0.15) is 33.0 Å². The van der Waals surface area contributed by atoms with E-state index in [0.29, 0.717) is 11.1 Å². The molecule has 2 rings (SSSR count). The monoisotopic (exact) mass is 604 g/mol. The normalized spacial score (nSPS) is 13.1. The van der Waals surface area contributed by atoms with E-state index in [1.54, 1.807) is 5.32 Å². The molecule has 190 valence electrons. The molecule has 2 N–H and O–H groups in total. The van der Waals surface area contributed by atoms with Crippen LogP contribution in [0, 0.1) is 6.92 Å². The highest BCUT2D eigenvalue weighted by molar-refractivity contribution is 9.10. The van der Waals surface area contributed by atoms with Gasteiger partial charge in [0.15, 0.2) is 0 Å². The highest BCUT2D eigenvalue weighted by Gasteiger charge is 2.39. The summed E-state index contributed by atoms with van der Waals surface area (Å²) in [6, 6.07) is 6.48. The molecule has 0 aliphatic heterocycles. The van der Waals surface area contributed by atoms with Crippen molar-refractivity contribution in [1.82, 2.24) is 10.6 Å². The molecule has 2 amide bonds. The van der Waals surface area contributed by atoms with E-state index in [1.165, 1.54) is 37.3 Å². The number of aryl methyl sites for hydroxylation is 1. The van der Waals surface area contributed by atoms with Gasteiger partial charge in [0.2, 0.25) is 5.91 Å². The first-order valence-corrected chi connectivity index (χ1v) is 11.2. The van der Waals surface area contributed by atoms with Crippen molar-refractivity contribution < 1.29 is 35.9 Å². The van der Waals surface area contributed by atoms with Gasteiger partial charge in [0.25, 0.3) is 5.91 Å². The van der Waals surface area contributed by atoms with Crippen molar-refractivity contribution in [1.29, 1.82) is 0 Å². The van der Waals surface area contributed by atoms with Crippen molar-refractivity contribution in [2.24, 2.45) is 0 Å². The number of carbonyl (C=O) groups excluding carboxylic acids is 2. The van der Waals surface area contributed by atoms with Crippen molar-refractivity contribution in [3.8, 4) is 0 Å². The summed E-state index contributed by atoms with van der Waals surface area (Å²) in [5.41, 5.74) is 0.641. The number of hydrogen-bond donors (Lipinski definition) is 2. The van der Waals surface area contributed by atoms with E-state index in [9.17, 15) is 35.9 Å². The summed E-state index contributed by atoms with van der Waals surface area (Å²) in [6.45, 7) is -0.692. The summed E-state index contributed by atoms with van der Waals surface area (Å²) < 4.78 is 77.6. The molecule has 0 spiro atoms. The number of benzene rings is 2. The Hall–Kier alpha value is -2.24. The fraction of sp³-hybridized carbons (Fsp3) is 0.273. The minimum atomic E-state index is -4.62. The third-order valence-corrected chi connectivity index (χ3v) is 6.11. The zero-order valence-corrected chi connectivity index (χ0v) is 20.8. The van der Waals surface area contributed by atoms with Crippen molar-refractivity contribution >= 4 is 57.0 Å². The van der Waals surface area contributed by atoms with Gasteiger partial charge in [0, 0.05) is 4.47 Å². The van der Waals surface area contributed by atoms with Gasteiger partial charge >= 0.3 is 12.4 Å². The molecule has 1 unspecified atom stereocenters. The second-order valence-corrected chi connectivity index (χ2v) is 8.97. The van der Waals surface area contributed by atoms with Crippen molar-refractivity contribution in [2.45, 2.75) is 25.2 Å². The molecule has 0 saturated heterocycles. The number of rotatable bonds is 7. The topological polar surface area (TPSA) is 58.2 Å². The lowest BCUT2D eigenvalue weighted by Crippen LogP contribution is -2.40. The zero-order valence-electron chi connectivity index (χ0n) is 17.8. The van der Waals surface area contributed by atoms with Crippen molar-refractivity contribution in [3.63, 3.8) is 0 Å². The molecule has 13 heteroatoms. The van der Waals surface area contributed by atoms with E-state index < -0.39 is 43.2 Å². The Bertz CT molecular complexity index is 1110. The van der Waals surface area contributed by atoms with E-state index >= 15 is 0 Å². The molecule has 2 aromatic rings. The molecule has 1 atom stereocenters. The van der Waals surface area contributed by atoms with Gasteiger partial charge in [-0.2, -0.15) is 26.3 Å². The van der Waals surface area contributed by atoms with Gasteiger partial charge < -0.3 is 10.6 Å². The average molecular weight is 606 g/mol. The van der Waals surface area contributed by atoms with Gasteiger partial charge in [-0.3, -0.25) is 9.59 Å². The minimum Gasteiger partial charge on any atom is -0.345 e. The maximum absolute atomic E-state index is 13.7. The first-order chi connectivity index (χ1) is 16.1. The number of halogens is 9. The molecule has 0 bridgehead atoms. The van der Waals surface area contributed by atoms with Crippen LogP contribution in [0.4, 0.5) is 26.3 Å². The molecule has 0 aromatic heterocycles. The molecule has 4 nitrogen and oxygen atoms in total. The summed E-state index contributed by atoms with van der Waals surface area (Å²) >= 11 is 15.0. The first-order valence-electron chi connectivity index (χ1n) is 9.70. The Morgan fingerprint density at radius 2 is 1.71 bits per heavy atom. The summed E-state index contributed by atoms with van der Waals surface area (Å²) in [4.78, 5) is 23.6. The SMILES string of the molecule is Cc1cc(C(/C=C\c2ccc(C(=O)NCC(=O)NCC(F)(F)F)c(Br)c2)C(F)(F)F)cc(Cl)c1Cl. The summed E-state index contributed by atoms with van der Waals surface area (Å²) in [5.74, 6) is -3.79. The van der Waals surface area contributed by atoms with E-state index in [0.717, 1.165) is 12.1 Å². The number of nitrogens with one attached hydrogen (secondary N) is 2. The number of hydrogen-bond acceptors (Lipinski definition) is 2. The molecule has 0 saturated carbocycles. The van der Waals surface area contributed by atoms with Crippen molar-refractivity contribution in [2.75, 3.05) is 13.1 Å². The maximum Gasteiger partial charge on any atom is 0.405 e. The number of allylic oxidation sites excluding steroid dienone is 1. The lowest BCUT2D eigenvalue weighted by atomic mass is 9.95. The van der Waals surface area contributed by atoms with Gasteiger partial charge in [-0.25, -0.2) is 0 Å². The molecule has 35 heavy (non-hydrogen) atoms. The fourth-order valence-electron chi connectivity index (χ4n) is 2.89. The van der Waals surface area contributed by atoms with Gasteiger partial charge in [-0.15, -0.1) is 0 Å². The fourth-order valence-corrected chi connectivity index (χ4v) is 3.85. The highest BCUT2D eigenvalue weighted by Crippen LogP contribution is 2.39. The molecule has 0 aliphatic rings. The van der Waals surface area contributed by atoms with Crippen molar-refractivity contribution in [3.05, 3.63) is 73.2 Å². The first kappa shape index (κ1) is 29.0. The average Bonchev–Trinajstić information content (AvgIpc) is 2.73. The van der Waals surface area contributed by atoms with Crippen LogP contribution in [0.25, 0.3) is 6.08 Å². The van der Waals surface area contributed by atoms with E-state index in [1.807, 2.05) is 0 Å². The van der Waals surface area contributed by atoms with Crippen LogP contribution in [0.2, 0.25) is 10.0 Å². The van der Waals surface area contributed by atoms with Crippen LogP contribution >= 0.6 is 39.1 Å². The third kappa shape index (κ3) is 8.73. The van der Waals surface area contributed by atoms with Crippen LogP contribution in [0.5, 0.6) is 0 Å². The van der Waals surface area contributed by atoms with Crippen LogP contribution in [-0.4, -0.2) is 37.3 Å². The van der Waals surface area contributed by atoms with E-state index in [-0.39, 0.29) is 25.6 Å². The molecule has 0 heterocycles. The summed E-state index contributed by atoms with van der Waals surface area (Å²) in [6.07, 6.45) is -7.06. The van der Waals surface area contributed by atoms with Gasteiger partial charge in [-0.1, -0.05) is 47.5 Å². The largest absolute Gasteiger partial charge is 0.405 e. The number of amides is 2. The molecular formula is C22H17BrCl2F6N2O2. The van der Waals surface area contributed by atoms with Crippen LogP contribution in [0.3, 0.4) is 0 Å². The van der Waals surface area contributed by atoms with Gasteiger partial charge in [0.1, 0.15) is 6.54 Å². The number of alkyl halides is 6. The Kier molecular flexibility index (Phi) is 9.66. The molecular weight excluding hydrogens is 589 g/mol. The molecule has 0 aliphatic carbocycles. The number of carbonyl (C=O) groups is 2. The molecule has 0 fully saturated rings. The van der Waals surface area contributed by atoms with Gasteiger partial charge in [-0.05, 0) is 57.7 Å². The summed E-state index contributed by atoms with van der Waals surface area (Å²) in [7, 11) is 0. The summed E-state index contributed by atoms with van der Waals surface area (Å²) in [5, 5.41) is 3.93. The Morgan fingerprint density at radius 1 is 1.06 bits per heavy atom. The standard InChI is InChI=1S/C22H17BrCl2F6N2O2/c1-11-6-13(8-17(24)19(11)25)15(22(29,30)31)5-3-12-2-4-14(16(23)7-12)20(35)32-9-18(34)33-10-21(26,27)28/h2-8,15H,9-10H2,1H3,(H,32,35)(H,33,34)/b5-3-. The highest BCUT2D eigenvalue weighted by atomic mass is 79.9. The van der Waals surface area contributed by atoms with Gasteiger partial charge in [0.05, 0.1) is 28.1 Å². The Morgan fingerprint density at radius 3 is 2.26 bits per heavy atom. The lowest BCUT2D eigenvalue weighted by Gasteiger charge is -2.19. The smallest absolute Gasteiger partial charge is 0.345 e. The molecule has 0 radical (unpaired) electrons. The van der Waals surface area contributed by atoms with Crippen LogP contribution in [-0.2, 0) is 4.79 Å².